The van der Waals surface area contributed by atoms with Crippen molar-refractivity contribution in [3.63, 3.8) is 0 Å². The maximum absolute atomic E-state index is 12.5. The van der Waals surface area contributed by atoms with Crippen molar-refractivity contribution >= 4 is 5.91 Å². The lowest BCUT2D eigenvalue weighted by molar-refractivity contribution is -0.134. The lowest BCUT2D eigenvalue weighted by atomic mass is 9.75. The fourth-order valence-electron chi connectivity index (χ4n) is 3.08. The van der Waals surface area contributed by atoms with E-state index in [0.29, 0.717) is 11.3 Å². The number of benzene rings is 1. The average molecular weight is 288 g/mol. The summed E-state index contributed by atoms with van der Waals surface area (Å²) in [6, 6.07) is 7.40. The molecule has 1 saturated heterocycles. The molecule has 0 bridgehead atoms. The molecule has 1 aliphatic rings. The van der Waals surface area contributed by atoms with Gasteiger partial charge in [-0.1, -0.05) is 50.6 Å². The van der Waals surface area contributed by atoms with Gasteiger partial charge in [0.1, 0.15) is 6.04 Å². The third kappa shape index (κ3) is 3.85. The van der Waals surface area contributed by atoms with Crippen molar-refractivity contribution in [2.24, 2.45) is 17.1 Å². The Hall–Kier alpha value is -1.35. The van der Waals surface area contributed by atoms with Crippen LogP contribution in [0.5, 0.6) is 0 Å². The first-order valence-corrected chi connectivity index (χ1v) is 7.90. The van der Waals surface area contributed by atoms with Crippen LogP contribution in [0.15, 0.2) is 24.3 Å². The van der Waals surface area contributed by atoms with Gasteiger partial charge >= 0.3 is 0 Å². The van der Waals surface area contributed by atoms with Gasteiger partial charge in [0.2, 0.25) is 5.91 Å². The molecule has 1 aliphatic heterocycles. The van der Waals surface area contributed by atoms with E-state index >= 15 is 0 Å². The van der Waals surface area contributed by atoms with Crippen molar-refractivity contribution in [3.05, 3.63) is 35.4 Å². The van der Waals surface area contributed by atoms with Gasteiger partial charge < -0.3 is 10.6 Å². The molecule has 3 nitrogen and oxygen atoms in total. The molecule has 0 saturated carbocycles. The van der Waals surface area contributed by atoms with Crippen molar-refractivity contribution in [2.45, 2.75) is 46.6 Å². The molecule has 3 heteroatoms. The second kappa shape index (κ2) is 6.18. The first-order chi connectivity index (χ1) is 9.79. The lowest BCUT2D eigenvalue weighted by Gasteiger charge is -2.39. The molecule has 1 heterocycles. The molecule has 2 N–H and O–H groups in total. The zero-order chi connectivity index (χ0) is 15.6. The predicted octanol–water partition coefficient (Wildman–Crippen LogP) is 3.28. The molecule has 2 rings (SSSR count). The maximum atomic E-state index is 12.5. The molecule has 0 aliphatic carbocycles. The summed E-state index contributed by atoms with van der Waals surface area (Å²) in [6.07, 6.45) is 2.16. The Bertz CT molecular complexity index is 479. The number of carbonyl (C=O) groups is 1. The highest BCUT2D eigenvalue weighted by molar-refractivity contribution is 5.83. The number of carbonyl (C=O) groups excluding carboxylic acids is 1. The predicted molar refractivity (Wildman–Crippen MR) is 86.9 cm³/mol. The zero-order valence-electron chi connectivity index (χ0n) is 13.7. The normalized spacial score (nSPS) is 18.6. The molecule has 0 radical (unpaired) electrons. The van der Waals surface area contributed by atoms with E-state index in [0.717, 1.165) is 31.5 Å². The number of hydrogen-bond acceptors (Lipinski definition) is 2. The average Bonchev–Trinajstić information content (AvgIpc) is 2.46. The van der Waals surface area contributed by atoms with Crippen molar-refractivity contribution in [3.8, 4) is 0 Å². The minimum absolute atomic E-state index is 0.0613. The largest absolute Gasteiger partial charge is 0.341 e. The van der Waals surface area contributed by atoms with Crippen LogP contribution >= 0.6 is 0 Å². The Morgan fingerprint density at radius 1 is 1.19 bits per heavy atom. The van der Waals surface area contributed by atoms with Crippen LogP contribution in [-0.4, -0.2) is 23.9 Å². The molecule has 0 spiro atoms. The van der Waals surface area contributed by atoms with Gasteiger partial charge in [-0.15, -0.1) is 0 Å². The fraction of sp³-hybridized carbons (Fsp3) is 0.611. The molecule has 1 fully saturated rings. The van der Waals surface area contributed by atoms with E-state index in [1.165, 1.54) is 5.56 Å². The Morgan fingerprint density at radius 2 is 1.71 bits per heavy atom. The second-order valence-corrected chi connectivity index (χ2v) is 7.35. The second-order valence-electron chi connectivity index (χ2n) is 7.35. The van der Waals surface area contributed by atoms with E-state index < -0.39 is 6.04 Å². The summed E-state index contributed by atoms with van der Waals surface area (Å²) in [5.41, 5.74) is 8.57. The number of likely N-dealkylation sites (tertiary alicyclic amines) is 1. The van der Waals surface area contributed by atoms with Gasteiger partial charge in [0.25, 0.3) is 0 Å². The van der Waals surface area contributed by atoms with Crippen LogP contribution in [0.1, 0.15) is 50.8 Å². The summed E-state index contributed by atoms with van der Waals surface area (Å²) in [4.78, 5) is 14.5. The van der Waals surface area contributed by atoms with E-state index in [1.807, 2.05) is 36.1 Å². The van der Waals surface area contributed by atoms with Gasteiger partial charge in [-0.3, -0.25) is 4.79 Å². The van der Waals surface area contributed by atoms with Crippen LogP contribution in [0.4, 0.5) is 0 Å². The number of piperidine rings is 1. The molecular formula is C18H28N2O. The standard InChI is InChI=1S/C18H28N2O/c1-13-5-7-14(8-6-13)16(19)17(21)20-11-9-15(10-12-20)18(2,3)4/h5-8,15-16H,9-12,19H2,1-4H3. The van der Waals surface area contributed by atoms with Crippen molar-refractivity contribution in [2.75, 3.05) is 13.1 Å². The van der Waals surface area contributed by atoms with Crippen LogP contribution in [0.2, 0.25) is 0 Å². The summed E-state index contributed by atoms with van der Waals surface area (Å²) < 4.78 is 0. The van der Waals surface area contributed by atoms with Crippen LogP contribution in [0.25, 0.3) is 0 Å². The first-order valence-electron chi connectivity index (χ1n) is 7.90. The molecule has 1 atom stereocenters. The number of nitrogens with zero attached hydrogens (tertiary/aromatic N) is 1. The van der Waals surface area contributed by atoms with E-state index in [-0.39, 0.29) is 5.91 Å². The molecule has 0 aromatic heterocycles. The van der Waals surface area contributed by atoms with Crippen molar-refractivity contribution < 1.29 is 4.79 Å². The van der Waals surface area contributed by atoms with Gasteiger partial charge in [0.15, 0.2) is 0 Å². The fourth-order valence-corrected chi connectivity index (χ4v) is 3.08. The van der Waals surface area contributed by atoms with Gasteiger partial charge in [0.05, 0.1) is 0 Å². The van der Waals surface area contributed by atoms with E-state index in [1.54, 1.807) is 0 Å². The molecule has 1 amide bonds. The lowest BCUT2D eigenvalue weighted by Crippen LogP contribution is -2.45. The third-order valence-electron chi connectivity index (χ3n) is 4.73. The van der Waals surface area contributed by atoms with E-state index in [2.05, 4.69) is 20.8 Å². The van der Waals surface area contributed by atoms with E-state index in [4.69, 9.17) is 5.73 Å². The van der Waals surface area contributed by atoms with Crippen LogP contribution in [0.3, 0.4) is 0 Å². The highest BCUT2D eigenvalue weighted by Gasteiger charge is 2.32. The maximum Gasteiger partial charge on any atom is 0.244 e. The molecule has 21 heavy (non-hydrogen) atoms. The Kier molecular flexibility index (Phi) is 4.72. The molecule has 1 aromatic rings. The van der Waals surface area contributed by atoms with Gasteiger partial charge in [-0.2, -0.15) is 0 Å². The summed E-state index contributed by atoms with van der Waals surface area (Å²) in [7, 11) is 0. The number of nitrogens with two attached hydrogens (primary N) is 1. The minimum atomic E-state index is -0.531. The van der Waals surface area contributed by atoms with Gasteiger partial charge in [-0.05, 0) is 36.7 Å². The third-order valence-corrected chi connectivity index (χ3v) is 4.73. The van der Waals surface area contributed by atoms with Crippen LogP contribution < -0.4 is 5.73 Å². The smallest absolute Gasteiger partial charge is 0.244 e. The van der Waals surface area contributed by atoms with Gasteiger partial charge in [0, 0.05) is 13.1 Å². The SMILES string of the molecule is Cc1ccc(C(N)C(=O)N2CCC(C(C)(C)C)CC2)cc1. The summed E-state index contributed by atoms with van der Waals surface area (Å²) in [5, 5.41) is 0. The Morgan fingerprint density at radius 3 is 2.19 bits per heavy atom. The van der Waals surface area contributed by atoms with E-state index in [9.17, 15) is 4.79 Å². The molecule has 116 valence electrons. The monoisotopic (exact) mass is 288 g/mol. The topological polar surface area (TPSA) is 46.3 Å². The van der Waals surface area contributed by atoms with Crippen molar-refractivity contribution in [1.29, 1.82) is 0 Å². The summed E-state index contributed by atoms with van der Waals surface area (Å²) >= 11 is 0. The van der Waals surface area contributed by atoms with Crippen LogP contribution in [0, 0.1) is 18.3 Å². The minimum Gasteiger partial charge on any atom is -0.341 e. The number of rotatable bonds is 2. The summed E-state index contributed by atoms with van der Waals surface area (Å²) in [5.74, 6) is 0.753. The van der Waals surface area contributed by atoms with Crippen LogP contribution in [-0.2, 0) is 4.79 Å². The summed E-state index contributed by atoms with van der Waals surface area (Å²) in [6.45, 7) is 10.6. The highest BCUT2D eigenvalue weighted by atomic mass is 16.2. The first kappa shape index (κ1) is 16.0. The number of hydrogen-bond donors (Lipinski definition) is 1. The molecule has 1 unspecified atom stereocenters. The Balaban J connectivity index is 1.97. The quantitative estimate of drug-likeness (QED) is 0.907. The zero-order valence-corrected chi connectivity index (χ0v) is 13.7. The molecule has 1 aromatic carbocycles. The number of amides is 1. The highest BCUT2D eigenvalue weighted by Crippen LogP contribution is 2.34. The van der Waals surface area contributed by atoms with Gasteiger partial charge in [-0.25, -0.2) is 0 Å². The van der Waals surface area contributed by atoms with Crippen molar-refractivity contribution in [1.82, 2.24) is 4.90 Å². The number of aryl methyl sites for hydroxylation is 1. The molecular weight excluding hydrogens is 260 g/mol. The Labute approximate surface area is 128 Å².